The number of epoxide rings is 1. The van der Waals surface area contributed by atoms with Gasteiger partial charge in [0.2, 0.25) is 0 Å². The largest absolute Gasteiger partial charge is 0.412 e. The summed E-state index contributed by atoms with van der Waals surface area (Å²) in [7, 11) is 0. The molecule has 1 aliphatic heterocycles. The summed E-state index contributed by atoms with van der Waals surface area (Å²) < 4.78 is 5.11. The first-order chi connectivity index (χ1) is 4.95. The van der Waals surface area contributed by atoms with Crippen molar-refractivity contribution in [2.45, 2.75) is 12.5 Å². The Morgan fingerprint density at radius 2 is 1.91 bits per heavy atom. The fourth-order valence-electron chi connectivity index (χ4n) is 1.06. The number of rotatable bonds is 2. The van der Waals surface area contributed by atoms with E-state index in [2.05, 4.69) is 24.3 Å². The molecule has 2 nitrogen and oxygen atoms in total. The lowest BCUT2D eigenvalue weighted by molar-refractivity contribution is 0.407. The standard InChI is InChI=1S/C9H10O.H2O/c1-2-4-8(5-3-1)6-9-7-10-9;/h1-5,9H,6-7H2;1H2. The zero-order valence-corrected chi connectivity index (χ0v) is 6.29. The van der Waals surface area contributed by atoms with E-state index < -0.39 is 0 Å². The normalized spacial score (nSPS) is 20.5. The van der Waals surface area contributed by atoms with E-state index >= 15 is 0 Å². The average Bonchev–Trinajstić information content (AvgIpc) is 2.74. The van der Waals surface area contributed by atoms with E-state index in [0.29, 0.717) is 6.10 Å². The molecule has 2 rings (SSSR count). The van der Waals surface area contributed by atoms with E-state index in [-0.39, 0.29) is 5.48 Å². The van der Waals surface area contributed by atoms with Crippen molar-refractivity contribution in [2.75, 3.05) is 6.61 Å². The lowest BCUT2D eigenvalue weighted by Crippen LogP contribution is -1.90. The van der Waals surface area contributed by atoms with E-state index in [0.717, 1.165) is 13.0 Å². The van der Waals surface area contributed by atoms with Crippen molar-refractivity contribution in [3.05, 3.63) is 35.9 Å². The van der Waals surface area contributed by atoms with Crippen LogP contribution < -0.4 is 0 Å². The minimum absolute atomic E-state index is 0. The number of hydrogen-bond acceptors (Lipinski definition) is 1. The SMILES string of the molecule is O.c1ccc(CC2CO2)cc1. The molecule has 0 amide bonds. The first-order valence-corrected chi connectivity index (χ1v) is 3.61. The molecule has 1 atom stereocenters. The third-order valence-corrected chi connectivity index (χ3v) is 1.71. The molecule has 1 saturated heterocycles. The molecule has 1 aliphatic rings. The van der Waals surface area contributed by atoms with Gasteiger partial charge >= 0.3 is 0 Å². The maximum Gasteiger partial charge on any atom is 0.0850 e. The summed E-state index contributed by atoms with van der Waals surface area (Å²) in [6.45, 7) is 0.953. The van der Waals surface area contributed by atoms with Crippen molar-refractivity contribution in [1.82, 2.24) is 0 Å². The zero-order valence-electron chi connectivity index (χ0n) is 6.29. The van der Waals surface area contributed by atoms with Crippen LogP contribution in [0.4, 0.5) is 0 Å². The van der Waals surface area contributed by atoms with Crippen LogP contribution in [0.2, 0.25) is 0 Å². The molecule has 0 bridgehead atoms. The molecule has 0 spiro atoms. The molecule has 0 saturated carbocycles. The van der Waals surface area contributed by atoms with Crippen molar-refractivity contribution < 1.29 is 10.2 Å². The zero-order chi connectivity index (χ0) is 6.81. The van der Waals surface area contributed by atoms with Crippen LogP contribution in [0.5, 0.6) is 0 Å². The van der Waals surface area contributed by atoms with Crippen LogP contribution in [0.15, 0.2) is 30.3 Å². The maximum absolute atomic E-state index is 5.11. The molecule has 2 heteroatoms. The second-order valence-electron chi connectivity index (χ2n) is 2.65. The molecule has 11 heavy (non-hydrogen) atoms. The van der Waals surface area contributed by atoms with Crippen LogP contribution in [0.25, 0.3) is 0 Å². The van der Waals surface area contributed by atoms with Crippen LogP contribution in [-0.2, 0) is 11.2 Å². The number of ether oxygens (including phenoxy) is 1. The van der Waals surface area contributed by atoms with Crippen LogP contribution in [-0.4, -0.2) is 18.2 Å². The molecular formula is C9H12O2. The van der Waals surface area contributed by atoms with Crippen LogP contribution in [0, 0.1) is 0 Å². The number of hydrogen-bond donors (Lipinski definition) is 0. The number of benzene rings is 1. The molecule has 60 valence electrons. The van der Waals surface area contributed by atoms with Crippen molar-refractivity contribution in [2.24, 2.45) is 0 Å². The van der Waals surface area contributed by atoms with Gasteiger partial charge in [-0.1, -0.05) is 30.3 Å². The Morgan fingerprint density at radius 1 is 1.27 bits per heavy atom. The Labute approximate surface area is 66.1 Å². The smallest absolute Gasteiger partial charge is 0.0850 e. The van der Waals surface area contributed by atoms with Crippen LogP contribution >= 0.6 is 0 Å². The van der Waals surface area contributed by atoms with Gasteiger partial charge in [-0.05, 0) is 5.56 Å². The van der Waals surface area contributed by atoms with Gasteiger partial charge in [0.25, 0.3) is 0 Å². The molecule has 0 aliphatic carbocycles. The van der Waals surface area contributed by atoms with Gasteiger partial charge in [-0.3, -0.25) is 0 Å². The Balaban J connectivity index is 0.000000605. The van der Waals surface area contributed by atoms with Crippen molar-refractivity contribution >= 4 is 0 Å². The Hall–Kier alpha value is -0.860. The van der Waals surface area contributed by atoms with E-state index in [9.17, 15) is 0 Å². The molecule has 1 unspecified atom stereocenters. The average molecular weight is 152 g/mol. The first kappa shape index (κ1) is 8.24. The second kappa shape index (κ2) is 3.51. The molecule has 1 heterocycles. The Kier molecular flexibility index (Phi) is 2.63. The molecule has 0 radical (unpaired) electrons. The highest BCUT2D eigenvalue weighted by Gasteiger charge is 2.21. The minimum Gasteiger partial charge on any atom is -0.412 e. The van der Waals surface area contributed by atoms with E-state index in [4.69, 9.17) is 4.74 Å². The summed E-state index contributed by atoms with van der Waals surface area (Å²) in [4.78, 5) is 0. The van der Waals surface area contributed by atoms with Gasteiger partial charge in [-0.2, -0.15) is 0 Å². The van der Waals surface area contributed by atoms with Crippen LogP contribution in [0.1, 0.15) is 5.56 Å². The third-order valence-electron chi connectivity index (χ3n) is 1.71. The van der Waals surface area contributed by atoms with Crippen molar-refractivity contribution in [3.63, 3.8) is 0 Å². The summed E-state index contributed by atoms with van der Waals surface area (Å²) in [5.74, 6) is 0. The van der Waals surface area contributed by atoms with Gasteiger partial charge in [0.1, 0.15) is 0 Å². The quantitative estimate of drug-likeness (QED) is 0.578. The summed E-state index contributed by atoms with van der Waals surface area (Å²) >= 11 is 0. The second-order valence-corrected chi connectivity index (χ2v) is 2.65. The van der Waals surface area contributed by atoms with Gasteiger partial charge in [0, 0.05) is 6.42 Å². The summed E-state index contributed by atoms with van der Waals surface area (Å²) in [5, 5.41) is 0. The topological polar surface area (TPSA) is 44.0 Å². The van der Waals surface area contributed by atoms with E-state index in [1.165, 1.54) is 5.56 Å². The summed E-state index contributed by atoms with van der Waals surface area (Å²) in [5.41, 5.74) is 1.38. The van der Waals surface area contributed by atoms with Crippen molar-refractivity contribution in [3.8, 4) is 0 Å². The summed E-state index contributed by atoms with van der Waals surface area (Å²) in [6.07, 6.45) is 1.60. The predicted molar refractivity (Wildman–Crippen MR) is 43.5 cm³/mol. The van der Waals surface area contributed by atoms with Gasteiger partial charge in [-0.15, -0.1) is 0 Å². The molecule has 2 N–H and O–H groups in total. The van der Waals surface area contributed by atoms with Gasteiger partial charge in [-0.25, -0.2) is 0 Å². The molecule has 0 aromatic heterocycles. The van der Waals surface area contributed by atoms with Crippen molar-refractivity contribution in [1.29, 1.82) is 0 Å². The van der Waals surface area contributed by atoms with Gasteiger partial charge < -0.3 is 10.2 Å². The minimum atomic E-state index is 0. The lowest BCUT2D eigenvalue weighted by atomic mass is 10.1. The fraction of sp³-hybridized carbons (Fsp3) is 0.333. The maximum atomic E-state index is 5.11. The molecule has 1 aromatic carbocycles. The third kappa shape index (κ3) is 2.33. The van der Waals surface area contributed by atoms with Crippen LogP contribution in [0.3, 0.4) is 0 Å². The van der Waals surface area contributed by atoms with E-state index in [1.54, 1.807) is 0 Å². The molecule has 1 fully saturated rings. The van der Waals surface area contributed by atoms with Gasteiger partial charge in [0.15, 0.2) is 0 Å². The van der Waals surface area contributed by atoms with E-state index in [1.807, 2.05) is 6.07 Å². The highest BCUT2D eigenvalue weighted by Crippen LogP contribution is 2.15. The Morgan fingerprint density at radius 3 is 2.45 bits per heavy atom. The molecular weight excluding hydrogens is 140 g/mol. The highest BCUT2D eigenvalue weighted by molar-refractivity contribution is 5.16. The monoisotopic (exact) mass is 152 g/mol. The first-order valence-electron chi connectivity index (χ1n) is 3.61. The molecule has 1 aromatic rings. The highest BCUT2D eigenvalue weighted by atomic mass is 16.6. The predicted octanol–water partition coefficient (Wildman–Crippen LogP) is 0.803. The lowest BCUT2D eigenvalue weighted by Gasteiger charge is -1.93. The van der Waals surface area contributed by atoms with Gasteiger partial charge in [0.05, 0.1) is 12.7 Å². The summed E-state index contributed by atoms with van der Waals surface area (Å²) in [6, 6.07) is 10.5. The Bertz CT molecular complexity index is 204. The fourth-order valence-corrected chi connectivity index (χ4v) is 1.06.